The summed E-state index contributed by atoms with van der Waals surface area (Å²) in [6.07, 6.45) is 1.88. The van der Waals surface area contributed by atoms with Crippen LogP contribution in [0.1, 0.15) is 13.8 Å². The van der Waals surface area contributed by atoms with Crippen LogP contribution in [-0.2, 0) is 0 Å². The predicted octanol–water partition coefficient (Wildman–Crippen LogP) is 6.05. The molecule has 0 saturated carbocycles. The number of hydrogen-bond donors (Lipinski definition) is 0. The predicted molar refractivity (Wildman–Crippen MR) is 116 cm³/mol. The molecule has 4 rings (SSSR count). The molecule has 6 heteroatoms. The minimum atomic E-state index is -0.389. The highest BCUT2D eigenvalue weighted by atomic mass is 35.5. The van der Waals surface area contributed by atoms with Crippen LogP contribution in [0.25, 0.3) is 27.9 Å². The van der Waals surface area contributed by atoms with Gasteiger partial charge in [0.25, 0.3) is 0 Å². The molecule has 0 aliphatic heterocycles. The summed E-state index contributed by atoms with van der Waals surface area (Å²) >= 11 is 7.70. The molecule has 4 nitrogen and oxygen atoms in total. The molecule has 0 aliphatic carbocycles. The first-order valence-corrected chi connectivity index (χ1v) is 10.4. The molecular formula is C22H19ClN2O2S. The van der Waals surface area contributed by atoms with Crippen LogP contribution in [0.4, 0.5) is 0 Å². The highest BCUT2D eigenvalue weighted by molar-refractivity contribution is 7.99. The van der Waals surface area contributed by atoms with Crippen molar-refractivity contribution in [3.8, 4) is 16.9 Å². The maximum Gasteiger partial charge on any atom is 0.345 e. The van der Waals surface area contributed by atoms with E-state index in [2.05, 4.69) is 13.8 Å². The van der Waals surface area contributed by atoms with Gasteiger partial charge < -0.3 is 4.42 Å². The summed E-state index contributed by atoms with van der Waals surface area (Å²) in [6.45, 7) is 4.34. The lowest BCUT2D eigenvalue weighted by Crippen LogP contribution is -2.02. The maximum absolute atomic E-state index is 12.6. The largest absolute Gasteiger partial charge is 0.422 e. The van der Waals surface area contributed by atoms with Gasteiger partial charge in [-0.2, -0.15) is 0 Å². The number of fused-ring (bicyclic) bond motifs is 1. The van der Waals surface area contributed by atoms with E-state index in [0.717, 1.165) is 22.0 Å². The zero-order valence-corrected chi connectivity index (χ0v) is 17.1. The van der Waals surface area contributed by atoms with E-state index in [1.165, 1.54) is 0 Å². The van der Waals surface area contributed by atoms with E-state index < -0.39 is 0 Å². The van der Waals surface area contributed by atoms with Crippen molar-refractivity contribution in [1.82, 2.24) is 9.55 Å². The lowest BCUT2D eigenvalue weighted by Gasteiger charge is -2.08. The zero-order valence-electron chi connectivity index (χ0n) is 15.6. The van der Waals surface area contributed by atoms with E-state index in [0.29, 0.717) is 27.8 Å². The first-order valence-electron chi connectivity index (χ1n) is 9.02. The van der Waals surface area contributed by atoms with E-state index in [1.54, 1.807) is 17.8 Å². The molecule has 2 heterocycles. The minimum absolute atomic E-state index is 0.389. The van der Waals surface area contributed by atoms with Crippen molar-refractivity contribution >= 4 is 34.3 Å². The van der Waals surface area contributed by atoms with Crippen LogP contribution in [0.15, 0.2) is 75.2 Å². The molecule has 0 bridgehead atoms. The van der Waals surface area contributed by atoms with Crippen molar-refractivity contribution < 1.29 is 4.42 Å². The van der Waals surface area contributed by atoms with Crippen molar-refractivity contribution in [3.63, 3.8) is 0 Å². The van der Waals surface area contributed by atoms with Crippen molar-refractivity contribution in [3.05, 3.63) is 76.2 Å². The molecule has 0 aliphatic rings. The Balaban J connectivity index is 1.84. The number of nitrogens with zero attached hydrogens (tertiary/aromatic N) is 2. The first-order chi connectivity index (χ1) is 13.5. The van der Waals surface area contributed by atoms with Gasteiger partial charge in [0.2, 0.25) is 0 Å². The standard InChI is InChI=1S/C22H19ClN2O2S/c1-14(2)13-28-22-24-19(12-25(22)17-9-7-16(23)8-10-17)18-11-15-5-3-4-6-20(15)27-21(18)26/h3-12,14H,13H2,1-2H3. The Hall–Kier alpha value is -2.50. The van der Waals surface area contributed by atoms with E-state index in [1.807, 2.05) is 59.3 Å². The Morgan fingerprint density at radius 2 is 1.89 bits per heavy atom. The van der Waals surface area contributed by atoms with Crippen molar-refractivity contribution in [1.29, 1.82) is 0 Å². The quantitative estimate of drug-likeness (QED) is 0.297. The summed E-state index contributed by atoms with van der Waals surface area (Å²) in [5.41, 5.74) is 2.18. The number of benzene rings is 2. The molecule has 0 saturated heterocycles. The van der Waals surface area contributed by atoms with Gasteiger partial charge in [-0.05, 0) is 42.3 Å². The fraction of sp³-hybridized carbons (Fsp3) is 0.182. The Kier molecular flexibility index (Phi) is 5.29. The van der Waals surface area contributed by atoms with Crippen LogP contribution in [0.3, 0.4) is 0 Å². The highest BCUT2D eigenvalue weighted by Gasteiger charge is 2.16. The fourth-order valence-electron chi connectivity index (χ4n) is 2.86. The third-order valence-corrected chi connectivity index (χ3v) is 5.87. The number of hydrogen-bond acceptors (Lipinski definition) is 4. The van der Waals surface area contributed by atoms with E-state index in [9.17, 15) is 4.79 Å². The molecular weight excluding hydrogens is 392 g/mol. The average Bonchev–Trinajstić information content (AvgIpc) is 3.10. The molecule has 2 aromatic heterocycles. The molecule has 2 aromatic carbocycles. The Bertz CT molecular complexity index is 1180. The fourth-order valence-corrected chi connectivity index (χ4v) is 3.93. The summed E-state index contributed by atoms with van der Waals surface area (Å²) in [5.74, 6) is 1.45. The van der Waals surface area contributed by atoms with Gasteiger partial charge in [0.15, 0.2) is 5.16 Å². The van der Waals surface area contributed by atoms with Crippen LogP contribution in [0.2, 0.25) is 5.02 Å². The molecule has 0 unspecified atom stereocenters. The molecule has 28 heavy (non-hydrogen) atoms. The van der Waals surface area contributed by atoms with E-state index in [4.69, 9.17) is 21.0 Å². The van der Waals surface area contributed by atoms with Crippen LogP contribution in [0.5, 0.6) is 0 Å². The number of aromatic nitrogens is 2. The zero-order chi connectivity index (χ0) is 19.7. The molecule has 0 radical (unpaired) electrons. The van der Waals surface area contributed by atoms with Gasteiger partial charge in [0.1, 0.15) is 5.58 Å². The summed E-state index contributed by atoms with van der Waals surface area (Å²) in [7, 11) is 0. The lowest BCUT2D eigenvalue weighted by molar-refractivity contribution is 0.563. The van der Waals surface area contributed by atoms with Crippen LogP contribution in [0, 0.1) is 5.92 Å². The smallest absolute Gasteiger partial charge is 0.345 e. The van der Waals surface area contributed by atoms with Gasteiger partial charge in [-0.15, -0.1) is 0 Å². The second kappa shape index (κ2) is 7.86. The number of rotatable bonds is 5. The molecule has 4 aromatic rings. The molecule has 0 fully saturated rings. The van der Waals surface area contributed by atoms with Crippen LogP contribution in [-0.4, -0.2) is 15.3 Å². The second-order valence-corrected chi connectivity index (χ2v) is 8.37. The van der Waals surface area contributed by atoms with Crippen molar-refractivity contribution in [2.24, 2.45) is 5.92 Å². The minimum Gasteiger partial charge on any atom is -0.422 e. The normalized spacial score (nSPS) is 11.4. The monoisotopic (exact) mass is 410 g/mol. The van der Waals surface area contributed by atoms with Crippen LogP contribution >= 0.6 is 23.4 Å². The third kappa shape index (κ3) is 3.86. The van der Waals surface area contributed by atoms with E-state index >= 15 is 0 Å². The maximum atomic E-state index is 12.6. The number of para-hydroxylation sites is 1. The Labute approximate surface area is 172 Å². The molecule has 142 valence electrons. The molecule has 0 N–H and O–H groups in total. The van der Waals surface area contributed by atoms with Crippen molar-refractivity contribution in [2.75, 3.05) is 5.75 Å². The number of imidazole rings is 1. The van der Waals surface area contributed by atoms with E-state index in [-0.39, 0.29) is 5.63 Å². The third-order valence-electron chi connectivity index (χ3n) is 4.24. The van der Waals surface area contributed by atoms with Gasteiger partial charge in [0, 0.05) is 28.0 Å². The van der Waals surface area contributed by atoms with Gasteiger partial charge in [-0.25, -0.2) is 9.78 Å². The SMILES string of the molecule is CC(C)CSc1nc(-c2cc3ccccc3oc2=O)cn1-c1ccc(Cl)cc1. The lowest BCUT2D eigenvalue weighted by atomic mass is 10.1. The van der Waals surface area contributed by atoms with Gasteiger partial charge >= 0.3 is 5.63 Å². The van der Waals surface area contributed by atoms with Gasteiger partial charge in [-0.3, -0.25) is 4.57 Å². The molecule has 0 spiro atoms. The molecule has 0 atom stereocenters. The summed E-state index contributed by atoms with van der Waals surface area (Å²) < 4.78 is 7.48. The van der Waals surface area contributed by atoms with Gasteiger partial charge in [-0.1, -0.05) is 55.4 Å². The van der Waals surface area contributed by atoms with Gasteiger partial charge in [0.05, 0.1) is 11.3 Å². The van der Waals surface area contributed by atoms with Crippen molar-refractivity contribution in [2.45, 2.75) is 19.0 Å². The average molecular weight is 411 g/mol. The Morgan fingerprint density at radius 1 is 1.14 bits per heavy atom. The number of halogens is 1. The summed E-state index contributed by atoms with van der Waals surface area (Å²) in [6, 6.07) is 16.9. The summed E-state index contributed by atoms with van der Waals surface area (Å²) in [4.78, 5) is 17.3. The van der Waals surface area contributed by atoms with Crippen LogP contribution < -0.4 is 5.63 Å². The summed E-state index contributed by atoms with van der Waals surface area (Å²) in [5, 5.41) is 2.38. The topological polar surface area (TPSA) is 48.0 Å². The molecule has 0 amide bonds. The highest BCUT2D eigenvalue weighted by Crippen LogP contribution is 2.29. The number of thioether (sulfide) groups is 1. The second-order valence-electron chi connectivity index (χ2n) is 6.95. The Morgan fingerprint density at radius 3 is 2.64 bits per heavy atom. The first kappa shape index (κ1) is 18.8.